The molecule has 0 bridgehead atoms. The second-order valence-electron chi connectivity index (χ2n) is 14.4. The SMILES string of the molecule is C1=CCCC(C2=NC(c3ccccc3)=NC(c3ccc4ccc(-c5ccc(-n6c7ccccc7c7cccc(-c8nc9ccccc9o8)c76)cc5)cc4c3)N2)=C1. The van der Waals surface area contributed by atoms with Crippen molar-refractivity contribution in [3.8, 4) is 28.3 Å². The zero-order valence-electron chi connectivity index (χ0n) is 30.4. The Morgan fingerprint density at radius 3 is 2.34 bits per heavy atom. The molecule has 1 aliphatic carbocycles. The predicted molar refractivity (Wildman–Crippen MR) is 229 cm³/mol. The largest absolute Gasteiger partial charge is 0.436 e. The van der Waals surface area contributed by atoms with E-state index in [1.807, 2.05) is 42.5 Å². The molecule has 1 atom stereocenters. The van der Waals surface area contributed by atoms with Crippen LogP contribution in [0.25, 0.3) is 71.9 Å². The van der Waals surface area contributed by atoms with E-state index in [0.717, 1.165) is 90.9 Å². The zero-order valence-corrected chi connectivity index (χ0v) is 30.4. The molecular formula is C50H35N5O. The Bertz CT molecular complexity index is 3080. The van der Waals surface area contributed by atoms with Gasteiger partial charge in [-0.3, -0.25) is 0 Å². The van der Waals surface area contributed by atoms with Gasteiger partial charge in [-0.25, -0.2) is 15.0 Å². The molecular weight excluding hydrogens is 687 g/mol. The summed E-state index contributed by atoms with van der Waals surface area (Å²) >= 11 is 0. The maximum Gasteiger partial charge on any atom is 0.229 e. The van der Waals surface area contributed by atoms with Gasteiger partial charge in [0, 0.05) is 22.0 Å². The monoisotopic (exact) mass is 721 g/mol. The van der Waals surface area contributed by atoms with Gasteiger partial charge in [0.15, 0.2) is 11.4 Å². The minimum Gasteiger partial charge on any atom is -0.436 e. The number of aliphatic imine (C=N–C) groups is 2. The molecule has 11 rings (SSSR count). The highest BCUT2D eigenvalue weighted by molar-refractivity contribution is 6.14. The van der Waals surface area contributed by atoms with Crippen LogP contribution in [0.2, 0.25) is 0 Å². The molecule has 0 amide bonds. The molecule has 2 aromatic heterocycles. The fraction of sp³-hybridized carbons (Fsp3) is 0.0600. The van der Waals surface area contributed by atoms with Crippen molar-refractivity contribution in [2.75, 3.05) is 0 Å². The lowest BCUT2D eigenvalue weighted by Gasteiger charge is -2.25. The molecule has 6 nitrogen and oxygen atoms in total. The summed E-state index contributed by atoms with van der Waals surface area (Å²) in [5, 5.41) is 8.36. The summed E-state index contributed by atoms with van der Waals surface area (Å²) in [6.45, 7) is 0. The first-order valence-corrected chi connectivity index (χ1v) is 19.1. The van der Waals surface area contributed by atoms with Crippen LogP contribution in [0.5, 0.6) is 0 Å². The Morgan fingerprint density at radius 2 is 1.46 bits per heavy atom. The van der Waals surface area contributed by atoms with Crippen molar-refractivity contribution in [2.45, 2.75) is 19.0 Å². The van der Waals surface area contributed by atoms with E-state index in [1.165, 1.54) is 16.3 Å². The van der Waals surface area contributed by atoms with E-state index in [9.17, 15) is 0 Å². The summed E-state index contributed by atoms with van der Waals surface area (Å²) in [4.78, 5) is 15.0. The molecule has 0 radical (unpaired) electrons. The molecule has 2 aliphatic rings. The number of benzene rings is 7. The molecule has 0 saturated carbocycles. The van der Waals surface area contributed by atoms with Crippen molar-refractivity contribution in [1.29, 1.82) is 0 Å². The van der Waals surface area contributed by atoms with E-state index >= 15 is 0 Å². The van der Waals surface area contributed by atoms with Gasteiger partial charge in [-0.15, -0.1) is 0 Å². The van der Waals surface area contributed by atoms with Crippen LogP contribution in [-0.2, 0) is 0 Å². The highest BCUT2D eigenvalue weighted by Crippen LogP contribution is 2.39. The van der Waals surface area contributed by atoms with Gasteiger partial charge >= 0.3 is 0 Å². The van der Waals surface area contributed by atoms with Gasteiger partial charge in [0.05, 0.1) is 16.6 Å². The van der Waals surface area contributed by atoms with Crippen LogP contribution in [-0.4, -0.2) is 21.2 Å². The number of nitrogens with one attached hydrogen (secondary N) is 1. The molecule has 0 saturated heterocycles. The van der Waals surface area contributed by atoms with E-state index in [4.69, 9.17) is 19.4 Å². The zero-order chi connectivity index (χ0) is 37.0. The maximum atomic E-state index is 6.32. The summed E-state index contributed by atoms with van der Waals surface area (Å²) in [7, 11) is 0. The molecule has 9 aromatic rings. The molecule has 7 aromatic carbocycles. The van der Waals surface area contributed by atoms with Gasteiger partial charge in [-0.05, 0) is 94.4 Å². The van der Waals surface area contributed by atoms with Crippen LogP contribution in [0.15, 0.2) is 196 Å². The van der Waals surface area contributed by atoms with Gasteiger partial charge in [-0.2, -0.15) is 0 Å². The lowest BCUT2D eigenvalue weighted by atomic mass is 9.98. The van der Waals surface area contributed by atoms with E-state index < -0.39 is 0 Å². The third-order valence-corrected chi connectivity index (χ3v) is 11.0. The highest BCUT2D eigenvalue weighted by Gasteiger charge is 2.23. The summed E-state index contributed by atoms with van der Waals surface area (Å²) in [5.74, 6) is 2.26. The highest BCUT2D eigenvalue weighted by atomic mass is 16.3. The topological polar surface area (TPSA) is 67.7 Å². The number of hydrogen-bond donors (Lipinski definition) is 1. The summed E-state index contributed by atoms with van der Waals surface area (Å²) in [5.41, 5.74) is 11.5. The van der Waals surface area contributed by atoms with Crippen LogP contribution < -0.4 is 5.32 Å². The molecule has 6 heteroatoms. The van der Waals surface area contributed by atoms with Crippen molar-refractivity contribution >= 4 is 55.3 Å². The number of para-hydroxylation sites is 4. The quantitative estimate of drug-likeness (QED) is 0.186. The second-order valence-corrected chi connectivity index (χ2v) is 14.4. The minimum atomic E-state index is -0.261. The molecule has 1 N–H and O–H groups in total. The molecule has 1 unspecified atom stereocenters. The summed E-state index contributed by atoms with van der Waals surface area (Å²) < 4.78 is 8.66. The number of fused-ring (bicyclic) bond motifs is 5. The Morgan fingerprint density at radius 1 is 0.661 bits per heavy atom. The van der Waals surface area contributed by atoms with Crippen LogP contribution in [0, 0.1) is 0 Å². The van der Waals surface area contributed by atoms with Gasteiger partial charge in [-0.1, -0.05) is 127 Å². The number of rotatable bonds is 6. The number of hydrogen-bond acceptors (Lipinski definition) is 5. The van der Waals surface area contributed by atoms with Crippen molar-refractivity contribution in [1.82, 2.24) is 14.9 Å². The molecule has 56 heavy (non-hydrogen) atoms. The van der Waals surface area contributed by atoms with Crippen molar-refractivity contribution in [3.63, 3.8) is 0 Å². The fourth-order valence-corrected chi connectivity index (χ4v) is 8.16. The lowest BCUT2D eigenvalue weighted by Crippen LogP contribution is -2.34. The molecule has 3 heterocycles. The van der Waals surface area contributed by atoms with E-state index in [1.54, 1.807) is 0 Å². The Kier molecular flexibility index (Phi) is 7.59. The third kappa shape index (κ3) is 5.54. The standard InChI is InChI=1S/C50H35N5O/c1-3-12-34(13-4-1)47-52-48(35-14-5-2-6-15-35)54-49(53-47)37-25-23-33-22-24-36(30-38(33)31-37)32-26-28-39(29-27-32)55-44-20-9-7-16-40(44)41-17-11-18-42(46(41)55)50-51-43-19-8-10-21-45(43)56-50/h1-5,7-14,16-31,49H,6,15H2,(H,52,53,54). The van der Waals surface area contributed by atoms with E-state index in [-0.39, 0.29) is 6.17 Å². The van der Waals surface area contributed by atoms with Crippen molar-refractivity contribution in [2.24, 2.45) is 9.98 Å². The number of amidine groups is 2. The second kappa shape index (κ2) is 13.2. The van der Waals surface area contributed by atoms with E-state index in [2.05, 4.69) is 143 Å². The predicted octanol–water partition coefficient (Wildman–Crippen LogP) is 12.1. The third-order valence-electron chi connectivity index (χ3n) is 11.0. The Labute approximate surface area is 323 Å². The summed E-state index contributed by atoms with van der Waals surface area (Å²) in [6.07, 6.45) is 8.18. The van der Waals surface area contributed by atoms with E-state index in [0.29, 0.717) is 5.89 Å². The molecule has 0 spiro atoms. The first-order valence-electron chi connectivity index (χ1n) is 19.1. The van der Waals surface area contributed by atoms with Gasteiger partial charge in [0.25, 0.3) is 0 Å². The van der Waals surface area contributed by atoms with Crippen molar-refractivity contribution in [3.05, 3.63) is 193 Å². The minimum absolute atomic E-state index is 0.261. The average molecular weight is 722 g/mol. The Hall–Kier alpha value is -7.31. The first kappa shape index (κ1) is 32.1. The first-order chi connectivity index (χ1) is 27.7. The molecule has 266 valence electrons. The van der Waals surface area contributed by atoms with Crippen molar-refractivity contribution < 1.29 is 4.42 Å². The average Bonchev–Trinajstić information content (AvgIpc) is 3.86. The van der Waals surface area contributed by atoms with Gasteiger partial charge in [0.1, 0.15) is 17.5 Å². The lowest BCUT2D eigenvalue weighted by molar-refractivity contribution is 0.620. The van der Waals surface area contributed by atoms with Crippen LogP contribution in [0.3, 0.4) is 0 Å². The van der Waals surface area contributed by atoms with Gasteiger partial charge in [0.2, 0.25) is 5.89 Å². The Balaban J connectivity index is 0.965. The number of aromatic nitrogens is 2. The number of oxazole rings is 1. The molecule has 0 fully saturated rings. The number of allylic oxidation sites excluding steroid dienone is 3. The van der Waals surface area contributed by atoms with Crippen LogP contribution in [0.4, 0.5) is 0 Å². The normalized spacial score (nSPS) is 15.6. The van der Waals surface area contributed by atoms with Crippen LogP contribution >= 0.6 is 0 Å². The molecule has 1 aliphatic heterocycles. The van der Waals surface area contributed by atoms with Crippen LogP contribution in [0.1, 0.15) is 30.1 Å². The number of nitrogens with zero attached hydrogens (tertiary/aromatic N) is 4. The van der Waals surface area contributed by atoms with Gasteiger partial charge < -0.3 is 14.3 Å². The smallest absolute Gasteiger partial charge is 0.229 e. The summed E-state index contributed by atoms with van der Waals surface area (Å²) in [6, 6.07) is 55.4. The fourth-order valence-electron chi connectivity index (χ4n) is 8.16. The maximum absolute atomic E-state index is 6.32.